The van der Waals surface area contributed by atoms with Crippen molar-refractivity contribution in [1.82, 2.24) is 0 Å². The number of methoxy groups -OCH3 is 1. The first kappa shape index (κ1) is 19.3. The maximum atomic E-state index is 12.6. The van der Waals surface area contributed by atoms with Gasteiger partial charge in [0, 0.05) is 8.95 Å². The average molecular weight is 500 g/mol. The van der Waals surface area contributed by atoms with E-state index in [-0.39, 0.29) is 10.0 Å². The first-order valence-electron chi connectivity index (χ1n) is 5.24. The molecule has 2 rings (SSSR count). The Bertz CT molecular complexity index is 629. The molecule has 0 radical (unpaired) electrons. The van der Waals surface area contributed by atoms with Crippen LogP contribution in [0.2, 0.25) is 20.1 Å². The lowest BCUT2D eigenvalue weighted by Gasteiger charge is -2.04. The van der Waals surface area contributed by atoms with Crippen LogP contribution >= 0.6 is 78.3 Å². The fourth-order valence-electron chi connectivity index (χ4n) is 1.21. The van der Waals surface area contributed by atoms with Crippen molar-refractivity contribution in [2.24, 2.45) is 0 Å². The first-order chi connectivity index (χ1) is 9.76. The number of hydrogen-bond donors (Lipinski definition) is 0. The van der Waals surface area contributed by atoms with Crippen LogP contribution in [0.5, 0.6) is 5.75 Å². The second-order valence-electron chi connectivity index (χ2n) is 3.59. The molecule has 0 bridgehead atoms. The summed E-state index contributed by atoms with van der Waals surface area (Å²) >= 11 is 28.8. The second kappa shape index (κ2) is 8.80. The van der Waals surface area contributed by atoms with E-state index in [2.05, 4.69) is 31.9 Å². The molecule has 0 aromatic heterocycles. The largest absolute Gasteiger partial charge is 0.495 e. The van der Waals surface area contributed by atoms with E-state index >= 15 is 0 Å². The predicted octanol–water partition coefficient (Wildman–Crippen LogP) is 7.66. The summed E-state index contributed by atoms with van der Waals surface area (Å²) in [7, 11) is 1.55. The molecule has 0 unspecified atom stereocenters. The fraction of sp³-hybridized carbons (Fsp3) is 0.0769. The smallest absolute Gasteiger partial charge is 0.144 e. The molecule has 0 amide bonds. The molecule has 0 aliphatic heterocycles. The van der Waals surface area contributed by atoms with Gasteiger partial charge in [-0.2, -0.15) is 0 Å². The summed E-state index contributed by atoms with van der Waals surface area (Å²) in [6.07, 6.45) is 0. The first-order valence-corrected chi connectivity index (χ1v) is 8.34. The molecular weight excluding hydrogens is 493 g/mol. The van der Waals surface area contributed by atoms with E-state index in [0.29, 0.717) is 20.3 Å². The summed E-state index contributed by atoms with van der Waals surface area (Å²) in [5.74, 6) is 0.0621. The van der Waals surface area contributed by atoms with Gasteiger partial charge in [-0.1, -0.05) is 78.3 Å². The molecule has 2 aromatic carbocycles. The Labute approximate surface area is 158 Å². The third kappa shape index (κ3) is 5.77. The molecule has 0 atom stereocenters. The molecule has 0 saturated heterocycles. The van der Waals surface area contributed by atoms with Crippen molar-refractivity contribution in [2.45, 2.75) is 0 Å². The van der Waals surface area contributed by atoms with Crippen LogP contribution in [0, 0.1) is 5.82 Å². The van der Waals surface area contributed by atoms with E-state index < -0.39 is 5.82 Å². The fourth-order valence-corrected chi connectivity index (χ4v) is 3.05. The lowest BCUT2D eigenvalue weighted by atomic mass is 10.3. The molecule has 0 heterocycles. The van der Waals surface area contributed by atoms with E-state index in [4.69, 9.17) is 51.1 Å². The van der Waals surface area contributed by atoms with Gasteiger partial charge in [0.1, 0.15) is 16.6 Å². The molecule has 0 spiro atoms. The minimum Gasteiger partial charge on any atom is -0.495 e. The topological polar surface area (TPSA) is 9.23 Å². The number of benzene rings is 2. The molecule has 21 heavy (non-hydrogen) atoms. The highest BCUT2D eigenvalue weighted by molar-refractivity contribution is 9.10. The Morgan fingerprint density at radius 2 is 1.33 bits per heavy atom. The van der Waals surface area contributed by atoms with Crippen LogP contribution in [0.25, 0.3) is 0 Å². The van der Waals surface area contributed by atoms with Gasteiger partial charge in [-0.3, -0.25) is 0 Å². The van der Waals surface area contributed by atoms with Crippen molar-refractivity contribution in [1.29, 1.82) is 0 Å². The van der Waals surface area contributed by atoms with Crippen molar-refractivity contribution in [3.8, 4) is 5.75 Å². The molecule has 0 aliphatic rings. The Hall–Kier alpha value is 0.290. The van der Waals surface area contributed by atoms with Crippen LogP contribution in [-0.4, -0.2) is 7.11 Å². The van der Waals surface area contributed by atoms with Crippen molar-refractivity contribution in [3.05, 3.63) is 59.1 Å². The SMILES string of the molecule is COc1cc(Br)cc(Cl)c1Cl.Fc1cc(Br)cc(Cl)c1Cl. The molecule has 114 valence electrons. The van der Waals surface area contributed by atoms with E-state index in [1.165, 1.54) is 12.1 Å². The number of rotatable bonds is 1. The van der Waals surface area contributed by atoms with Crippen molar-refractivity contribution in [3.63, 3.8) is 0 Å². The quantitative estimate of drug-likeness (QED) is 0.289. The summed E-state index contributed by atoms with van der Waals surface area (Å²) in [5, 5.41) is 1.11. The van der Waals surface area contributed by atoms with Crippen molar-refractivity contribution >= 4 is 78.3 Å². The monoisotopic (exact) mass is 496 g/mol. The normalized spacial score (nSPS) is 9.90. The Morgan fingerprint density at radius 3 is 1.81 bits per heavy atom. The third-order valence-electron chi connectivity index (χ3n) is 2.13. The number of hydrogen-bond acceptors (Lipinski definition) is 1. The maximum absolute atomic E-state index is 12.6. The van der Waals surface area contributed by atoms with Crippen LogP contribution in [-0.2, 0) is 0 Å². The average Bonchev–Trinajstić information content (AvgIpc) is 2.40. The highest BCUT2D eigenvalue weighted by Gasteiger charge is 2.06. The molecule has 1 nitrogen and oxygen atoms in total. The third-order valence-corrected chi connectivity index (χ3v) is 4.61. The highest BCUT2D eigenvalue weighted by Crippen LogP contribution is 2.34. The van der Waals surface area contributed by atoms with Gasteiger partial charge < -0.3 is 4.74 Å². The van der Waals surface area contributed by atoms with E-state index in [9.17, 15) is 4.39 Å². The van der Waals surface area contributed by atoms with Gasteiger partial charge in [0.15, 0.2) is 0 Å². The lowest BCUT2D eigenvalue weighted by Crippen LogP contribution is -1.84. The minimum atomic E-state index is -0.513. The highest BCUT2D eigenvalue weighted by atomic mass is 79.9. The van der Waals surface area contributed by atoms with Crippen LogP contribution < -0.4 is 4.74 Å². The number of ether oxygens (including phenoxy) is 1. The van der Waals surface area contributed by atoms with E-state index in [1.807, 2.05) is 0 Å². The second-order valence-corrected chi connectivity index (χ2v) is 6.99. The van der Waals surface area contributed by atoms with Gasteiger partial charge in [0.25, 0.3) is 0 Å². The molecule has 8 heteroatoms. The summed E-state index contributed by atoms with van der Waals surface area (Å²) < 4.78 is 19.0. The zero-order valence-electron chi connectivity index (χ0n) is 10.4. The molecule has 2 aromatic rings. The van der Waals surface area contributed by atoms with Gasteiger partial charge in [-0.05, 0) is 24.3 Å². The summed E-state index contributed by atoms with van der Waals surface area (Å²) in [5.41, 5.74) is 0. The maximum Gasteiger partial charge on any atom is 0.144 e. The Kier molecular flexibility index (Phi) is 8.10. The van der Waals surface area contributed by atoms with Gasteiger partial charge in [-0.15, -0.1) is 0 Å². The molecule has 0 aliphatic carbocycles. The summed E-state index contributed by atoms with van der Waals surface area (Å²) in [4.78, 5) is 0. The molecule has 0 fully saturated rings. The van der Waals surface area contributed by atoms with E-state index in [0.717, 1.165) is 4.47 Å². The van der Waals surface area contributed by atoms with Gasteiger partial charge in [0.05, 0.1) is 22.2 Å². The lowest BCUT2D eigenvalue weighted by molar-refractivity contribution is 0.415. The van der Waals surface area contributed by atoms with Gasteiger partial charge in [-0.25, -0.2) is 4.39 Å². The van der Waals surface area contributed by atoms with Crippen LogP contribution in [0.3, 0.4) is 0 Å². The minimum absolute atomic E-state index is 0.0372. The zero-order valence-corrected chi connectivity index (χ0v) is 16.6. The molecular formula is C13H7Br2Cl4FO. The van der Waals surface area contributed by atoms with Crippen molar-refractivity contribution in [2.75, 3.05) is 7.11 Å². The zero-order chi connectivity index (χ0) is 16.2. The van der Waals surface area contributed by atoms with Gasteiger partial charge >= 0.3 is 0 Å². The summed E-state index contributed by atoms with van der Waals surface area (Å²) in [6.45, 7) is 0. The van der Waals surface area contributed by atoms with Crippen LogP contribution in [0.1, 0.15) is 0 Å². The molecule has 0 saturated carbocycles. The van der Waals surface area contributed by atoms with Gasteiger partial charge in [0.2, 0.25) is 0 Å². The molecule has 0 N–H and O–H groups in total. The van der Waals surface area contributed by atoms with Crippen molar-refractivity contribution < 1.29 is 9.13 Å². The van der Waals surface area contributed by atoms with Crippen LogP contribution in [0.15, 0.2) is 33.2 Å². The Morgan fingerprint density at radius 1 is 0.857 bits per heavy atom. The Balaban J connectivity index is 0.000000211. The standard InChI is InChI=1S/C7H5BrCl2O.C6H2BrCl2F/c1-11-6-3-4(8)2-5(9)7(6)10;7-3-1-4(8)6(9)5(10)2-3/h2-3H,1H3;1-2H. The predicted molar refractivity (Wildman–Crippen MR) is 94.8 cm³/mol. The summed E-state index contributed by atoms with van der Waals surface area (Å²) in [6, 6.07) is 6.27. The van der Waals surface area contributed by atoms with E-state index in [1.54, 1.807) is 19.2 Å². The number of halogens is 7. The van der Waals surface area contributed by atoms with Crippen LogP contribution in [0.4, 0.5) is 4.39 Å².